The Hall–Kier alpha value is -3.20. The first kappa shape index (κ1) is 24.9. The molecule has 4 rings (SSSR count). The number of nitrogens with one attached hydrogen (secondary N) is 4. The SMILES string of the molecule is C=C1C(NC2CC2)=CC(=NC2CCC(NC(C)C)CC2)NN1/C(=C\C)C(=O)Nc1ccnc(F)c1. The van der Waals surface area contributed by atoms with Crippen molar-refractivity contribution in [2.45, 2.75) is 83.5 Å². The Morgan fingerprint density at radius 3 is 2.60 bits per heavy atom. The zero-order valence-electron chi connectivity index (χ0n) is 20.8. The van der Waals surface area contributed by atoms with Crippen LogP contribution in [0.3, 0.4) is 0 Å². The van der Waals surface area contributed by atoms with Crippen molar-refractivity contribution in [3.63, 3.8) is 0 Å². The second-order valence-corrected chi connectivity index (χ2v) is 9.71. The third-order valence-corrected chi connectivity index (χ3v) is 6.34. The number of aromatic nitrogens is 1. The zero-order chi connectivity index (χ0) is 24.9. The van der Waals surface area contributed by atoms with Gasteiger partial charge in [-0.25, -0.2) is 9.99 Å². The number of hydrogen-bond donors (Lipinski definition) is 4. The molecule has 1 aliphatic heterocycles. The number of pyridine rings is 1. The fourth-order valence-electron chi connectivity index (χ4n) is 4.48. The summed E-state index contributed by atoms with van der Waals surface area (Å²) in [4.78, 5) is 21.7. The Labute approximate surface area is 206 Å². The number of anilines is 1. The predicted octanol–water partition coefficient (Wildman–Crippen LogP) is 3.74. The second-order valence-electron chi connectivity index (χ2n) is 9.71. The van der Waals surface area contributed by atoms with Gasteiger partial charge in [0.15, 0.2) is 0 Å². The van der Waals surface area contributed by atoms with Crippen LogP contribution in [0.5, 0.6) is 0 Å². The maximum absolute atomic E-state index is 13.5. The van der Waals surface area contributed by atoms with Crippen LogP contribution in [0.25, 0.3) is 0 Å². The number of rotatable bonds is 8. The Morgan fingerprint density at radius 2 is 1.97 bits per heavy atom. The van der Waals surface area contributed by atoms with Gasteiger partial charge < -0.3 is 16.0 Å². The first-order valence-electron chi connectivity index (χ1n) is 12.5. The van der Waals surface area contributed by atoms with Crippen LogP contribution in [0.15, 0.2) is 59.1 Å². The molecule has 1 aromatic heterocycles. The van der Waals surface area contributed by atoms with Crippen molar-refractivity contribution >= 4 is 17.4 Å². The molecule has 0 spiro atoms. The molecule has 0 radical (unpaired) electrons. The van der Waals surface area contributed by atoms with Crippen molar-refractivity contribution in [3.05, 3.63) is 60.1 Å². The van der Waals surface area contributed by atoms with Crippen molar-refractivity contribution in [2.75, 3.05) is 5.32 Å². The molecule has 1 amide bonds. The van der Waals surface area contributed by atoms with Gasteiger partial charge in [-0.2, -0.15) is 4.39 Å². The summed E-state index contributed by atoms with van der Waals surface area (Å²) in [6.45, 7) is 10.4. The molecule has 2 aliphatic carbocycles. The molecule has 0 atom stereocenters. The zero-order valence-corrected chi connectivity index (χ0v) is 20.8. The second kappa shape index (κ2) is 11.0. The van der Waals surface area contributed by atoms with E-state index < -0.39 is 5.95 Å². The Bertz CT molecular complexity index is 1040. The summed E-state index contributed by atoms with van der Waals surface area (Å²) < 4.78 is 13.5. The van der Waals surface area contributed by atoms with Gasteiger partial charge in [0.05, 0.1) is 17.4 Å². The number of hydrazine groups is 1. The molecule has 0 bridgehead atoms. The van der Waals surface area contributed by atoms with E-state index in [4.69, 9.17) is 4.99 Å². The lowest BCUT2D eigenvalue weighted by molar-refractivity contribution is -0.114. The van der Waals surface area contributed by atoms with Gasteiger partial charge in [0.2, 0.25) is 5.95 Å². The van der Waals surface area contributed by atoms with E-state index in [-0.39, 0.29) is 11.9 Å². The van der Waals surface area contributed by atoms with Crippen LogP contribution in [0.1, 0.15) is 59.3 Å². The molecule has 1 aromatic rings. The fraction of sp³-hybridized carbons (Fsp3) is 0.500. The summed E-state index contributed by atoms with van der Waals surface area (Å²) in [5.41, 5.74) is 5.43. The average Bonchev–Trinajstić information content (AvgIpc) is 3.62. The summed E-state index contributed by atoms with van der Waals surface area (Å²) in [6.07, 6.45) is 11.4. The number of amidine groups is 1. The van der Waals surface area contributed by atoms with E-state index in [1.54, 1.807) is 24.1 Å². The van der Waals surface area contributed by atoms with Gasteiger partial charge in [0.25, 0.3) is 5.91 Å². The lowest BCUT2D eigenvalue weighted by atomic mass is 9.91. The molecule has 35 heavy (non-hydrogen) atoms. The number of amides is 1. The van der Waals surface area contributed by atoms with Crippen LogP contribution in [0, 0.1) is 5.95 Å². The van der Waals surface area contributed by atoms with Crippen LogP contribution in [-0.4, -0.2) is 45.9 Å². The van der Waals surface area contributed by atoms with Gasteiger partial charge in [0.1, 0.15) is 11.5 Å². The van der Waals surface area contributed by atoms with E-state index in [1.165, 1.54) is 12.3 Å². The van der Waals surface area contributed by atoms with Crippen LogP contribution < -0.4 is 21.4 Å². The lowest BCUT2D eigenvalue weighted by Gasteiger charge is -2.35. The third kappa shape index (κ3) is 6.69. The molecule has 3 aliphatic rings. The monoisotopic (exact) mass is 481 g/mol. The molecule has 4 N–H and O–H groups in total. The normalized spacial score (nSPS) is 24.3. The van der Waals surface area contributed by atoms with E-state index in [0.717, 1.165) is 44.2 Å². The first-order valence-corrected chi connectivity index (χ1v) is 12.5. The molecule has 8 nitrogen and oxygen atoms in total. The van der Waals surface area contributed by atoms with E-state index in [1.807, 2.05) is 6.08 Å². The molecular formula is C26H36FN7O. The maximum atomic E-state index is 13.5. The minimum absolute atomic E-state index is 0.219. The van der Waals surface area contributed by atoms with Crippen molar-refractivity contribution in [3.8, 4) is 0 Å². The smallest absolute Gasteiger partial charge is 0.273 e. The van der Waals surface area contributed by atoms with Crippen LogP contribution in [0.4, 0.5) is 10.1 Å². The summed E-state index contributed by atoms with van der Waals surface area (Å²) >= 11 is 0. The minimum Gasteiger partial charge on any atom is -0.380 e. The van der Waals surface area contributed by atoms with Crippen molar-refractivity contribution in [1.82, 2.24) is 26.1 Å². The lowest BCUT2D eigenvalue weighted by Crippen LogP contribution is -2.48. The molecular weight excluding hydrogens is 445 g/mol. The van der Waals surface area contributed by atoms with Crippen molar-refractivity contribution in [2.24, 2.45) is 4.99 Å². The number of carbonyl (C=O) groups is 1. The minimum atomic E-state index is -0.656. The molecule has 188 valence electrons. The number of carbonyl (C=O) groups excluding carboxylic acids is 1. The quantitative estimate of drug-likeness (QED) is 0.334. The van der Waals surface area contributed by atoms with Gasteiger partial charge in [-0.15, -0.1) is 0 Å². The highest BCUT2D eigenvalue weighted by Gasteiger charge is 2.31. The number of allylic oxidation sites excluding steroid dienone is 1. The highest BCUT2D eigenvalue weighted by molar-refractivity contribution is 6.04. The molecule has 0 unspecified atom stereocenters. The van der Waals surface area contributed by atoms with E-state index >= 15 is 0 Å². The summed E-state index contributed by atoms with van der Waals surface area (Å²) in [7, 11) is 0. The topological polar surface area (TPSA) is 93.7 Å². The van der Waals surface area contributed by atoms with Crippen LogP contribution >= 0.6 is 0 Å². The Kier molecular flexibility index (Phi) is 7.85. The van der Waals surface area contributed by atoms with E-state index in [2.05, 4.69) is 46.8 Å². The van der Waals surface area contributed by atoms with E-state index in [9.17, 15) is 9.18 Å². The predicted molar refractivity (Wildman–Crippen MR) is 137 cm³/mol. The van der Waals surface area contributed by atoms with Crippen molar-refractivity contribution in [1.29, 1.82) is 0 Å². The number of halogens is 1. The number of nitrogens with zero attached hydrogens (tertiary/aromatic N) is 3. The summed E-state index contributed by atoms with van der Waals surface area (Å²) in [5, 5.41) is 11.5. The third-order valence-electron chi connectivity index (χ3n) is 6.34. The van der Waals surface area contributed by atoms with Gasteiger partial charge in [-0.1, -0.05) is 26.5 Å². The van der Waals surface area contributed by atoms with Crippen molar-refractivity contribution < 1.29 is 9.18 Å². The summed E-state index contributed by atoms with van der Waals surface area (Å²) in [5.74, 6) is -0.348. The van der Waals surface area contributed by atoms with Gasteiger partial charge in [0, 0.05) is 42.2 Å². The molecule has 2 saturated carbocycles. The fourth-order valence-corrected chi connectivity index (χ4v) is 4.48. The Morgan fingerprint density at radius 1 is 1.26 bits per heavy atom. The molecule has 2 heterocycles. The maximum Gasteiger partial charge on any atom is 0.273 e. The van der Waals surface area contributed by atoms with E-state index in [0.29, 0.717) is 41.0 Å². The Balaban J connectivity index is 1.51. The average molecular weight is 482 g/mol. The largest absolute Gasteiger partial charge is 0.380 e. The molecule has 0 saturated heterocycles. The van der Waals surface area contributed by atoms with Crippen LogP contribution in [0.2, 0.25) is 0 Å². The molecule has 0 aromatic carbocycles. The standard InChI is InChI=1S/C26H36FN7O/c1-5-23(26(35)32-21-12-13-28-24(27)14-21)34-17(4)22(30-19-8-9-19)15-25(33-34)31-20-10-6-18(7-11-20)29-16(2)3/h5,12-16,18-20,29-30H,4,6-11H2,1-3H3,(H,31,33)(H,28,32,35)/b23-5-. The van der Waals surface area contributed by atoms with Gasteiger partial charge in [-0.3, -0.25) is 15.2 Å². The first-order chi connectivity index (χ1) is 16.8. The van der Waals surface area contributed by atoms with Crippen LogP contribution in [-0.2, 0) is 4.79 Å². The number of hydrogen-bond acceptors (Lipinski definition) is 6. The van der Waals surface area contributed by atoms with Gasteiger partial charge >= 0.3 is 0 Å². The van der Waals surface area contributed by atoms with Gasteiger partial charge in [-0.05, 0) is 51.5 Å². The molecule has 9 heteroatoms. The summed E-state index contributed by atoms with van der Waals surface area (Å²) in [6, 6.07) is 4.39. The number of aliphatic imine (C=N–C) groups is 1. The highest BCUT2D eigenvalue weighted by atomic mass is 19.1. The highest BCUT2D eigenvalue weighted by Crippen LogP contribution is 2.27. The molecule has 2 fully saturated rings.